The number of nitriles is 1. The summed E-state index contributed by atoms with van der Waals surface area (Å²) in [5.41, 5.74) is 3.02. The molecule has 2 unspecified atom stereocenters. The number of rotatable bonds is 4. The van der Waals surface area contributed by atoms with Gasteiger partial charge in [-0.05, 0) is 63.0 Å². The van der Waals surface area contributed by atoms with Crippen molar-refractivity contribution in [3.8, 4) is 6.07 Å². The molecule has 7 heteroatoms. The van der Waals surface area contributed by atoms with Gasteiger partial charge in [0.1, 0.15) is 17.4 Å². The minimum atomic E-state index is -0.400. The van der Waals surface area contributed by atoms with Gasteiger partial charge in [0.25, 0.3) is 0 Å². The number of likely N-dealkylation sites (tertiary alicyclic amines) is 1. The number of nitrogens with one attached hydrogen (secondary N) is 1. The molecule has 1 fully saturated rings. The minimum absolute atomic E-state index is 0.0827. The van der Waals surface area contributed by atoms with Gasteiger partial charge in [-0.15, -0.1) is 5.10 Å². The molecule has 1 aliphatic heterocycles. The highest BCUT2D eigenvalue weighted by atomic mass is 35.5. The summed E-state index contributed by atoms with van der Waals surface area (Å²) in [7, 11) is 2.04. The third-order valence-electron chi connectivity index (χ3n) is 5.16. The molecule has 2 atom stereocenters. The second kappa shape index (κ2) is 7.56. The van der Waals surface area contributed by atoms with Crippen molar-refractivity contribution < 1.29 is 4.39 Å². The molecule has 1 aromatic heterocycles. The summed E-state index contributed by atoms with van der Waals surface area (Å²) in [4.78, 5) is 2.21. The smallest absolute Gasteiger partial charge is 0.166 e. The molecule has 136 valence electrons. The van der Waals surface area contributed by atoms with E-state index in [9.17, 15) is 9.65 Å². The van der Waals surface area contributed by atoms with E-state index in [1.807, 2.05) is 27.0 Å². The van der Waals surface area contributed by atoms with E-state index in [0.717, 1.165) is 29.8 Å². The van der Waals surface area contributed by atoms with E-state index in [4.69, 9.17) is 11.6 Å². The van der Waals surface area contributed by atoms with Gasteiger partial charge in [-0.3, -0.25) is 4.90 Å². The first-order valence-electron chi connectivity index (χ1n) is 8.55. The van der Waals surface area contributed by atoms with Crippen molar-refractivity contribution in [1.82, 2.24) is 15.1 Å². The first-order chi connectivity index (χ1) is 12.4. The van der Waals surface area contributed by atoms with E-state index in [2.05, 4.69) is 26.5 Å². The molecular weight excluding hydrogens is 353 g/mol. The van der Waals surface area contributed by atoms with Crippen LogP contribution in [0.5, 0.6) is 0 Å². The van der Waals surface area contributed by atoms with Crippen LogP contribution in [0.4, 0.5) is 10.2 Å². The van der Waals surface area contributed by atoms with Crippen LogP contribution in [0.2, 0.25) is 5.02 Å². The van der Waals surface area contributed by atoms with Gasteiger partial charge >= 0.3 is 0 Å². The van der Waals surface area contributed by atoms with Crippen LogP contribution in [0, 0.1) is 36.9 Å². The van der Waals surface area contributed by atoms with Crippen LogP contribution in [-0.2, 0) is 0 Å². The summed E-state index contributed by atoms with van der Waals surface area (Å²) in [6, 6.07) is 7.28. The molecule has 1 N–H and O–H groups in total. The summed E-state index contributed by atoms with van der Waals surface area (Å²) < 4.78 is 13.9. The lowest BCUT2D eigenvalue weighted by atomic mass is 9.93. The highest BCUT2D eigenvalue weighted by Gasteiger charge is 2.33. The maximum Gasteiger partial charge on any atom is 0.166 e. The van der Waals surface area contributed by atoms with Crippen molar-refractivity contribution >= 4 is 17.4 Å². The summed E-state index contributed by atoms with van der Waals surface area (Å²) in [5.74, 6) is 0.365. The molecule has 2 heterocycles. The molecule has 2 aromatic rings. The number of hydrogen-bond donors (Lipinski definition) is 1. The standard InChI is InChI=1S/C19H21ClFN5/c1-11-12(2)24-25-19(15(11)9-22)23-10-14-6-7-26(3)18(14)13-4-5-16(20)17(21)8-13/h4-5,8,14,18H,6-7,10H2,1-3H3,(H,23,25). The molecule has 0 bridgehead atoms. The lowest BCUT2D eigenvalue weighted by Crippen LogP contribution is -2.25. The maximum atomic E-state index is 13.9. The molecule has 3 rings (SSSR count). The van der Waals surface area contributed by atoms with Crippen LogP contribution in [0.15, 0.2) is 18.2 Å². The van der Waals surface area contributed by atoms with E-state index < -0.39 is 5.82 Å². The summed E-state index contributed by atoms with van der Waals surface area (Å²) in [6.07, 6.45) is 0.971. The summed E-state index contributed by atoms with van der Waals surface area (Å²) in [5, 5.41) is 21.1. The molecular formula is C19H21ClFN5. The maximum absolute atomic E-state index is 13.9. The Morgan fingerprint density at radius 2 is 2.15 bits per heavy atom. The summed E-state index contributed by atoms with van der Waals surface area (Å²) >= 11 is 5.82. The van der Waals surface area contributed by atoms with Gasteiger partial charge in [0.15, 0.2) is 5.82 Å². The van der Waals surface area contributed by atoms with Gasteiger partial charge in [0, 0.05) is 12.6 Å². The largest absolute Gasteiger partial charge is 0.367 e. The Labute approximate surface area is 157 Å². The Kier molecular flexibility index (Phi) is 5.40. The first-order valence-corrected chi connectivity index (χ1v) is 8.93. The SMILES string of the molecule is Cc1nnc(NCC2CCN(C)C2c2ccc(Cl)c(F)c2)c(C#N)c1C. The van der Waals surface area contributed by atoms with Crippen molar-refractivity contribution in [2.24, 2.45) is 5.92 Å². The molecule has 0 spiro atoms. The van der Waals surface area contributed by atoms with Crippen LogP contribution >= 0.6 is 11.6 Å². The first kappa shape index (κ1) is 18.6. The van der Waals surface area contributed by atoms with Gasteiger partial charge in [-0.2, -0.15) is 10.4 Å². The van der Waals surface area contributed by atoms with Crippen molar-refractivity contribution in [1.29, 1.82) is 5.26 Å². The highest BCUT2D eigenvalue weighted by molar-refractivity contribution is 6.30. The van der Waals surface area contributed by atoms with Gasteiger partial charge < -0.3 is 5.32 Å². The van der Waals surface area contributed by atoms with Crippen molar-refractivity contribution in [3.05, 3.63) is 51.4 Å². The van der Waals surface area contributed by atoms with Crippen LogP contribution in [-0.4, -0.2) is 35.2 Å². The average Bonchev–Trinajstić information content (AvgIpc) is 2.99. The molecule has 5 nitrogen and oxygen atoms in total. The average molecular weight is 374 g/mol. The third kappa shape index (κ3) is 3.50. The van der Waals surface area contributed by atoms with Gasteiger partial charge in [0.2, 0.25) is 0 Å². The zero-order valence-corrected chi connectivity index (χ0v) is 15.8. The van der Waals surface area contributed by atoms with E-state index in [-0.39, 0.29) is 17.0 Å². The minimum Gasteiger partial charge on any atom is -0.367 e. The van der Waals surface area contributed by atoms with Crippen molar-refractivity contribution in [2.45, 2.75) is 26.3 Å². The quantitative estimate of drug-likeness (QED) is 0.881. The molecule has 0 saturated carbocycles. The molecule has 26 heavy (non-hydrogen) atoms. The van der Waals surface area contributed by atoms with Crippen molar-refractivity contribution in [2.75, 3.05) is 25.5 Å². The Bertz CT molecular complexity index is 864. The monoisotopic (exact) mass is 373 g/mol. The Balaban J connectivity index is 1.80. The number of aromatic nitrogens is 2. The molecule has 0 aliphatic carbocycles. The zero-order chi connectivity index (χ0) is 18.8. The fourth-order valence-electron chi connectivity index (χ4n) is 3.56. The normalized spacial score (nSPS) is 20.2. The number of aryl methyl sites for hydroxylation is 1. The number of nitrogens with zero attached hydrogens (tertiary/aromatic N) is 4. The van der Waals surface area contributed by atoms with E-state index >= 15 is 0 Å². The molecule has 1 saturated heterocycles. The summed E-state index contributed by atoms with van der Waals surface area (Å²) in [6.45, 7) is 5.26. The lowest BCUT2D eigenvalue weighted by molar-refractivity contribution is 0.281. The van der Waals surface area contributed by atoms with E-state index in [1.165, 1.54) is 6.07 Å². The van der Waals surface area contributed by atoms with Crippen LogP contribution in [0.3, 0.4) is 0 Å². The Morgan fingerprint density at radius 3 is 2.85 bits per heavy atom. The molecule has 0 radical (unpaired) electrons. The molecule has 0 amide bonds. The zero-order valence-electron chi connectivity index (χ0n) is 15.1. The Morgan fingerprint density at radius 1 is 1.38 bits per heavy atom. The predicted octanol–water partition coefficient (Wildman–Crippen LogP) is 3.86. The van der Waals surface area contributed by atoms with Gasteiger partial charge in [0.05, 0.1) is 10.7 Å². The molecule has 1 aromatic carbocycles. The van der Waals surface area contributed by atoms with Crippen LogP contribution in [0.1, 0.15) is 34.8 Å². The number of anilines is 1. The topological polar surface area (TPSA) is 64.8 Å². The third-order valence-corrected chi connectivity index (χ3v) is 5.46. The fourth-order valence-corrected chi connectivity index (χ4v) is 3.68. The second-order valence-electron chi connectivity index (χ2n) is 6.77. The number of hydrogen-bond acceptors (Lipinski definition) is 5. The second-order valence-corrected chi connectivity index (χ2v) is 7.18. The van der Waals surface area contributed by atoms with E-state index in [0.29, 0.717) is 17.9 Å². The van der Waals surface area contributed by atoms with Gasteiger partial charge in [-0.25, -0.2) is 4.39 Å². The van der Waals surface area contributed by atoms with Crippen molar-refractivity contribution in [3.63, 3.8) is 0 Å². The lowest BCUT2D eigenvalue weighted by Gasteiger charge is -2.26. The van der Waals surface area contributed by atoms with E-state index in [1.54, 1.807) is 6.07 Å². The predicted molar refractivity (Wildman–Crippen MR) is 99.6 cm³/mol. The van der Waals surface area contributed by atoms with Crippen LogP contribution in [0.25, 0.3) is 0 Å². The Hall–Kier alpha value is -2.23. The number of benzene rings is 1. The van der Waals surface area contributed by atoms with Crippen LogP contribution < -0.4 is 5.32 Å². The highest BCUT2D eigenvalue weighted by Crippen LogP contribution is 2.37. The molecule has 1 aliphatic rings. The fraction of sp³-hybridized carbons (Fsp3) is 0.421. The van der Waals surface area contributed by atoms with Gasteiger partial charge in [-0.1, -0.05) is 17.7 Å². The number of halogens is 2.